The van der Waals surface area contributed by atoms with E-state index in [0.29, 0.717) is 23.7 Å². The Morgan fingerprint density at radius 1 is 0.903 bits per heavy atom. The lowest BCUT2D eigenvalue weighted by atomic mass is 10.1. The van der Waals surface area contributed by atoms with Crippen LogP contribution in [0.2, 0.25) is 0 Å². The van der Waals surface area contributed by atoms with Crippen molar-refractivity contribution in [2.45, 2.75) is 19.4 Å². The van der Waals surface area contributed by atoms with Gasteiger partial charge in [0.15, 0.2) is 5.43 Å². The fraction of sp³-hybridized carbons (Fsp3) is 0.192. The van der Waals surface area contributed by atoms with Gasteiger partial charge in [0.2, 0.25) is 0 Å². The summed E-state index contributed by atoms with van der Waals surface area (Å²) in [6.07, 6.45) is 1.84. The molecule has 3 aromatic carbocycles. The molecule has 0 bridgehead atoms. The van der Waals surface area contributed by atoms with Crippen LogP contribution in [0.3, 0.4) is 0 Å². The number of hydrogen-bond acceptors (Lipinski definition) is 5. The van der Waals surface area contributed by atoms with Crippen LogP contribution < -0.4 is 15.5 Å². The van der Waals surface area contributed by atoms with E-state index in [1.165, 1.54) is 17.7 Å². The number of unbranched alkanes of at least 4 members (excludes halogenated alkanes) is 1. The molecule has 0 aliphatic rings. The van der Waals surface area contributed by atoms with E-state index in [2.05, 4.69) is 17.4 Å². The van der Waals surface area contributed by atoms with Gasteiger partial charge in [-0.25, -0.2) is 0 Å². The van der Waals surface area contributed by atoms with Crippen molar-refractivity contribution in [2.24, 2.45) is 0 Å². The number of benzene rings is 3. The number of fused-ring (bicyclic) bond motifs is 1. The third-order valence-electron chi connectivity index (χ3n) is 5.03. The Morgan fingerprint density at radius 3 is 2.42 bits per heavy atom. The van der Waals surface area contributed by atoms with Crippen LogP contribution in [-0.4, -0.2) is 18.3 Å². The van der Waals surface area contributed by atoms with Gasteiger partial charge in [-0.15, -0.1) is 0 Å². The Hall–Kier alpha value is -3.57. The van der Waals surface area contributed by atoms with Crippen molar-refractivity contribution in [3.05, 3.63) is 94.6 Å². The lowest BCUT2D eigenvalue weighted by Gasteiger charge is -2.10. The summed E-state index contributed by atoms with van der Waals surface area (Å²) in [6.45, 7) is 2.26. The van der Waals surface area contributed by atoms with E-state index in [9.17, 15) is 9.90 Å². The van der Waals surface area contributed by atoms with Gasteiger partial charge in [0.05, 0.1) is 6.61 Å². The molecule has 4 aromatic rings. The largest absolute Gasteiger partial charge is 0.507 e. The van der Waals surface area contributed by atoms with Crippen molar-refractivity contribution >= 4 is 11.0 Å². The predicted octanol–water partition coefficient (Wildman–Crippen LogP) is 5.11. The van der Waals surface area contributed by atoms with Gasteiger partial charge in [-0.3, -0.25) is 4.79 Å². The topological polar surface area (TPSA) is 71.7 Å². The van der Waals surface area contributed by atoms with E-state index in [1.807, 2.05) is 48.5 Å². The zero-order valence-electron chi connectivity index (χ0n) is 17.2. The molecule has 0 radical (unpaired) electrons. The molecule has 158 valence electrons. The minimum absolute atomic E-state index is 0.134. The molecular weight excluding hydrogens is 390 g/mol. The molecule has 1 aromatic heterocycles. The quantitative estimate of drug-likeness (QED) is 0.372. The first-order valence-electron chi connectivity index (χ1n) is 10.4. The molecular formula is C26H25NO4. The molecule has 0 amide bonds. The van der Waals surface area contributed by atoms with Gasteiger partial charge >= 0.3 is 0 Å². The number of nitrogens with one attached hydrogen (secondary N) is 1. The van der Waals surface area contributed by atoms with E-state index in [-0.39, 0.29) is 16.6 Å². The zero-order chi connectivity index (χ0) is 21.5. The first-order valence-corrected chi connectivity index (χ1v) is 10.4. The number of ether oxygens (including phenoxy) is 1. The second kappa shape index (κ2) is 9.96. The van der Waals surface area contributed by atoms with Crippen molar-refractivity contribution < 1.29 is 14.3 Å². The van der Waals surface area contributed by atoms with Crippen LogP contribution in [-0.2, 0) is 6.54 Å². The van der Waals surface area contributed by atoms with Crippen molar-refractivity contribution in [2.75, 3.05) is 13.2 Å². The molecule has 4 rings (SSSR count). The maximum Gasteiger partial charge on any atom is 0.197 e. The molecule has 0 saturated carbocycles. The summed E-state index contributed by atoms with van der Waals surface area (Å²) in [5, 5.41) is 13.9. The van der Waals surface area contributed by atoms with E-state index < -0.39 is 0 Å². The fourth-order valence-corrected chi connectivity index (χ4v) is 3.44. The minimum atomic E-state index is -0.284. The van der Waals surface area contributed by atoms with Crippen LogP contribution in [0.1, 0.15) is 18.4 Å². The molecule has 5 heteroatoms. The average molecular weight is 415 g/mol. The molecule has 5 nitrogen and oxygen atoms in total. The molecule has 0 aliphatic heterocycles. The summed E-state index contributed by atoms with van der Waals surface area (Å²) in [4.78, 5) is 12.5. The third kappa shape index (κ3) is 5.32. The summed E-state index contributed by atoms with van der Waals surface area (Å²) >= 11 is 0. The highest BCUT2D eigenvalue weighted by molar-refractivity contribution is 5.86. The normalized spacial score (nSPS) is 11.0. The molecule has 1 heterocycles. The van der Waals surface area contributed by atoms with Crippen molar-refractivity contribution in [1.29, 1.82) is 0 Å². The lowest BCUT2D eigenvalue weighted by Crippen LogP contribution is -2.15. The fourth-order valence-electron chi connectivity index (χ4n) is 3.44. The maximum absolute atomic E-state index is 12.5. The molecule has 2 N–H and O–H groups in total. The summed E-state index contributed by atoms with van der Waals surface area (Å²) < 4.78 is 11.7. The third-order valence-corrected chi connectivity index (χ3v) is 5.03. The summed E-state index contributed by atoms with van der Waals surface area (Å²) in [5.74, 6) is 0.806. The highest BCUT2D eigenvalue weighted by Gasteiger charge is 2.12. The Labute approximate surface area is 180 Å². The van der Waals surface area contributed by atoms with E-state index in [0.717, 1.165) is 31.5 Å². The zero-order valence-corrected chi connectivity index (χ0v) is 17.2. The van der Waals surface area contributed by atoms with Crippen LogP contribution in [0.4, 0.5) is 0 Å². The Balaban J connectivity index is 1.35. The number of rotatable bonds is 9. The molecule has 0 spiro atoms. The Morgan fingerprint density at radius 2 is 1.65 bits per heavy atom. The summed E-state index contributed by atoms with van der Waals surface area (Å²) in [5.41, 5.74) is 2.09. The predicted molar refractivity (Wildman–Crippen MR) is 122 cm³/mol. The van der Waals surface area contributed by atoms with Gasteiger partial charge in [0.25, 0.3) is 0 Å². The molecule has 0 fully saturated rings. The number of hydrogen-bond donors (Lipinski definition) is 2. The van der Waals surface area contributed by atoms with Gasteiger partial charge in [-0.1, -0.05) is 60.7 Å². The van der Waals surface area contributed by atoms with Crippen molar-refractivity contribution in [3.8, 4) is 22.8 Å². The number of aromatic hydroxyl groups is 1. The van der Waals surface area contributed by atoms with Crippen molar-refractivity contribution in [3.63, 3.8) is 0 Å². The van der Waals surface area contributed by atoms with Gasteiger partial charge in [-0.05, 0) is 24.9 Å². The van der Waals surface area contributed by atoms with Gasteiger partial charge in [0.1, 0.15) is 28.2 Å². The van der Waals surface area contributed by atoms with Gasteiger partial charge < -0.3 is 19.6 Å². The standard InChI is InChI=1S/C26H25NO4/c28-22-15-21(30-14-8-7-13-27-18-19-9-3-1-4-10-19)16-25-26(22)23(29)17-24(31-25)20-11-5-2-6-12-20/h1-6,9-12,15-17,27-28H,7-8,13-14,18H2. The summed E-state index contributed by atoms with van der Waals surface area (Å²) in [6, 6.07) is 24.2. The SMILES string of the molecule is O=c1cc(-c2ccccc2)oc2cc(OCCCCNCc3ccccc3)cc(O)c12. The Kier molecular flexibility index (Phi) is 6.65. The Bertz CT molecular complexity index is 1190. The average Bonchev–Trinajstić information content (AvgIpc) is 2.79. The van der Waals surface area contributed by atoms with Crippen LogP contribution in [0.5, 0.6) is 11.5 Å². The van der Waals surface area contributed by atoms with E-state index >= 15 is 0 Å². The van der Waals surface area contributed by atoms with Gasteiger partial charge in [-0.2, -0.15) is 0 Å². The summed E-state index contributed by atoms with van der Waals surface area (Å²) in [7, 11) is 0. The molecule has 0 unspecified atom stereocenters. The number of phenolic OH excluding ortho intramolecular Hbond substituents is 1. The molecule has 31 heavy (non-hydrogen) atoms. The van der Waals surface area contributed by atoms with Crippen LogP contribution in [0.15, 0.2) is 88.1 Å². The maximum atomic E-state index is 12.5. The highest BCUT2D eigenvalue weighted by atomic mass is 16.5. The van der Waals surface area contributed by atoms with E-state index in [4.69, 9.17) is 9.15 Å². The van der Waals surface area contributed by atoms with Crippen LogP contribution in [0.25, 0.3) is 22.3 Å². The first-order chi connectivity index (χ1) is 15.2. The monoisotopic (exact) mass is 415 g/mol. The van der Waals surface area contributed by atoms with Gasteiger partial charge in [0, 0.05) is 30.3 Å². The lowest BCUT2D eigenvalue weighted by molar-refractivity contribution is 0.304. The molecule has 0 atom stereocenters. The van der Waals surface area contributed by atoms with Crippen LogP contribution in [0, 0.1) is 0 Å². The second-order valence-electron chi connectivity index (χ2n) is 7.37. The first kappa shape index (κ1) is 20.7. The number of phenols is 1. The molecule has 0 aliphatic carbocycles. The van der Waals surface area contributed by atoms with Crippen LogP contribution >= 0.6 is 0 Å². The second-order valence-corrected chi connectivity index (χ2v) is 7.37. The minimum Gasteiger partial charge on any atom is -0.507 e. The van der Waals surface area contributed by atoms with Crippen molar-refractivity contribution in [1.82, 2.24) is 5.32 Å². The smallest absolute Gasteiger partial charge is 0.197 e. The van der Waals surface area contributed by atoms with E-state index in [1.54, 1.807) is 6.07 Å². The molecule has 0 saturated heterocycles. The highest BCUT2D eigenvalue weighted by Crippen LogP contribution is 2.31.